The topological polar surface area (TPSA) is 52.3 Å². The van der Waals surface area contributed by atoms with Crippen LogP contribution in [0.4, 0.5) is 11.4 Å². The monoisotopic (exact) mass is 441 g/mol. The summed E-state index contributed by atoms with van der Waals surface area (Å²) in [5.74, 6) is -0.919. The van der Waals surface area contributed by atoms with Gasteiger partial charge < -0.3 is 5.11 Å². The smallest absolute Gasteiger partial charge is 0.335 e. The molecule has 2 N–H and O–H groups in total. The molecule has 170 valence electrons. The van der Waals surface area contributed by atoms with Crippen molar-refractivity contribution in [2.75, 3.05) is 0 Å². The van der Waals surface area contributed by atoms with Crippen LogP contribution in [0.15, 0.2) is 72.8 Å². The Hall–Kier alpha value is -3.40. The molecule has 0 atom stereocenters. The molecule has 0 fully saturated rings. The Morgan fingerprint density at radius 1 is 0.879 bits per heavy atom. The second-order valence-electron chi connectivity index (χ2n) is 10.2. The van der Waals surface area contributed by atoms with Gasteiger partial charge in [0.2, 0.25) is 6.34 Å². The lowest BCUT2D eigenvalue weighted by molar-refractivity contribution is 0.0697. The van der Waals surface area contributed by atoms with Gasteiger partial charge in [-0.1, -0.05) is 64.1 Å². The molecule has 0 unspecified atom stereocenters. The molecule has 1 aliphatic rings. The lowest BCUT2D eigenvalue weighted by atomic mass is 9.63. The summed E-state index contributed by atoms with van der Waals surface area (Å²) in [7, 11) is 0. The molecule has 4 heteroatoms. The molecule has 4 nitrogen and oxygen atoms in total. The van der Waals surface area contributed by atoms with E-state index in [1.165, 1.54) is 23.1 Å². The normalized spacial score (nSPS) is 16.7. The summed E-state index contributed by atoms with van der Waals surface area (Å²) in [6.45, 7) is 10.0. The summed E-state index contributed by atoms with van der Waals surface area (Å²) in [6, 6.07) is 24.1. The average molecular weight is 442 g/mol. The number of nitrogens with one attached hydrogen (secondary N) is 1. The zero-order valence-corrected chi connectivity index (χ0v) is 19.9. The van der Waals surface area contributed by atoms with Crippen molar-refractivity contribution in [3.05, 3.63) is 95.1 Å². The van der Waals surface area contributed by atoms with Gasteiger partial charge in [-0.05, 0) is 76.8 Å². The van der Waals surface area contributed by atoms with E-state index in [1.54, 1.807) is 12.1 Å². The molecule has 3 aromatic carbocycles. The van der Waals surface area contributed by atoms with Gasteiger partial charge in [-0.2, -0.15) is 4.58 Å². The minimum absolute atomic E-state index is 0.108. The Kier molecular flexibility index (Phi) is 6.11. The van der Waals surface area contributed by atoms with Crippen LogP contribution in [0.5, 0.6) is 0 Å². The van der Waals surface area contributed by atoms with Gasteiger partial charge in [0.15, 0.2) is 0 Å². The molecule has 0 saturated heterocycles. The van der Waals surface area contributed by atoms with Gasteiger partial charge >= 0.3 is 5.97 Å². The second kappa shape index (κ2) is 8.86. The van der Waals surface area contributed by atoms with Crippen LogP contribution in [0.25, 0.3) is 0 Å². The maximum Gasteiger partial charge on any atom is 0.335 e. The van der Waals surface area contributed by atoms with Crippen molar-refractivity contribution in [2.45, 2.75) is 57.9 Å². The molecule has 0 saturated carbocycles. The molecule has 0 spiro atoms. The van der Waals surface area contributed by atoms with Gasteiger partial charge in [-0.25, -0.2) is 4.79 Å². The van der Waals surface area contributed by atoms with Crippen LogP contribution in [0.1, 0.15) is 67.6 Å². The van der Waals surface area contributed by atoms with Crippen molar-refractivity contribution in [1.82, 2.24) is 9.89 Å². The fourth-order valence-electron chi connectivity index (χ4n) is 4.64. The summed E-state index contributed by atoms with van der Waals surface area (Å²) in [6.07, 6.45) is 4.31. The van der Waals surface area contributed by atoms with Crippen molar-refractivity contribution in [3.63, 3.8) is 0 Å². The molecular formula is C29H33N2O2+. The Bertz CT molecular complexity index is 1180. The predicted octanol–water partition coefficient (Wildman–Crippen LogP) is 6.39. The fraction of sp³-hybridized carbons (Fsp3) is 0.310. The van der Waals surface area contributed by atoms with Crippen LogP contribution in [-0.2, 0) is 17.4 Å². The maximum absolute atomic E-state index is 11.3. The summed E-state index contributed by atoms with van der Waals surface area (Å²) >= 11 is 0. The van der Waals surface area contributed by atoms with Gasteiger partial charge in [-0.3, -0.25) is 5.32 Å². The SMILES string of the molecule is CC1(C)CCC(C)(C)c2cc([N+](=CNCc3ccccc3)c3ccc(C(=O)O)cc3)ccc21. The van der Waals surface area contributed by atoms with E-state index in [0.29, 0.717) is 6.54 Å². The standard InChI is InChI=1S/C29H32N2O2/c1-28(2)16-17-29(3,4)26-18-24(14-15-25(26)28)31(20-30-19-21-8-6-5-7-9-21)23-12-10-22(11-13-23)27(32)33/h5-15,18,20H,16-17,19H2,1-4H3,(H,32,33)/p+1. The number of benzene rings is 3. The second-order valence-corrected chi connectivity index (χ2v) is 10.2. The third-order valence-corrected chi connectivity index (χ3v) is 6.88. The van der Waals surface area contributed by atoms with Gasteiger partial charge in [0.05, 0.1) is 5.56 Å². The fourth-order valence-corrected chi connectivity index (χ4v) is 4.64. The van der Waals surface area contributed by atoms with Crippen LogP contribution in [0.2, 0.25) is 0 Å². The molecule has 0 bridgehead atoms. The Labute approximate surface area is 196 Å². The number of carboxylic acids is 1. The number of hydrogen-bond donors (Lipinski definition) is 2. The summed E-state index contributed by atoms with van der Waals surface area (Å²) in [5, 5.41) is 12.7. The first-order valence-electron chi connectivity index (χ1n) is 11.6. The van der Waals surface area contributed by atoms with Crippen molar-refractivity contribution in [3.8, 4) is 0 Å². The summed E-state index contributed by atoms with van der Waals surface area (Å²) in [4.78, 5) is 11.3. The molecule has 3 aromatic rings. The lowest BCUT2D eigenvalue weighted by Crippen LogP contribution is -2.34. The summed E-state index contributed by atoms with van der Waals surface area (Å²) in [5.41, 5.74) is 6.52. The largest absolute Gasteiger partial charge is 0.478 e. The first kappa shape index (κ1) is 22.8. The van der Waals surface area contributed by atoms with E-state index < -0.39 is 5.97 Å². The van der Waals surface area contributed by atoms with Crippen molar-refractivity contribution >= 4 is 23.7 Å². The highest BCUT2D eigenvalue weighted by Gasteiger charge is 2.37. The first-order valence-corrected chi connectivity index (χ1v) is 11.6. The van der Waals surface area contributed by atoms with E-state index >= 15 is 0 Å². The highest BCUT2D eigenvalue weighted by atomic mass is 16.4. The zero-order chi connectivity index (χ0) is 23.6. The number of carbonyl (C=O) groups is 1. The van der Waals surface area contributed by atoms with Crippen molar-refractivity contribution in [2.24, 2.45) is 0 Å². The van der Waals surface area contributed by atoms with Crippen LogP contribution in [-0.4, -0.2) is 17.4 Å². The zero-order valence-electron chi connectivity index (χ0n) is 19.9. The Morgan fingerprint density at radius 3 is 2.12 bits per heavy atom. The summed E-state index contributed by atoms with van der Waals surface area (Å²) < 4.78 is 2.10. The average Bonchev–Trinajstić information content (AvgIpc) is 2.80. The van der Waals surface area contributed by atoms with Gasteiger partial charge in [0.1, 0.15) is 17.9 Å². The maximum atomic E-state index is 11.3. The molecule has 4 rings (SSSR count). The van der Waals surface area contributed by atoms with E-state index in [0.717, 1.165) is 17.8 Å². The minimum Gasteiger partial charge on any atom is -0.478 e. The quantitative estimate of drug-likeness (QED) is 0.265. The van der Waals surface area contributed by atoms with Crippen LogP contribution in [0, 0.1) is 0 Å². The number of aromatic carboxylic acids is 1. The van der Waals surface area contributed by atoms with Crippen LogP contribution >= 0.6 is 0 Å². The molecule has 1 aliphatic carbocycles. The van der Waals surface area contributed by atoms with E-state index in [2.05, 4.69) is 67.9 Å². The Morgan fingerprint density at radius 2 is 1.48 bits per heavy atom. The van der Waals surface area contributed by atoms with Crippen molar-refractivity contribution in [1.29, 1.82) is 0 Å². The predicted molar refractivity (Wildman–Crippen MR) is 136 cm³/mol. The highest BCUT2D eigenvalue weighted by molar-refractivity contribution is 5.88. The number of hydrogen-bond acceptors (Lipinski definition) is 1. The molecule has 0 aliphatic heterocycles. The molecule has 0 aromatic heterocycles. The van der Waals surface area contributed by atoms with Crippen LogP contribution in [0.3, 0.4) is 0 Å². The molecule has 0 radical (unpaired) electrons. The number of fused-ring (bicyclic) bond motifs is 1. The minimum atomic E-state index is -0.919. The van der Waals surface area contributed by atoms with E-state index in [9.17, 15) is 9.90 Å². The van der Waals surface area contributed by atoms with E-state index in [4.69, 9.17) is 0 Å². The Balaban J connectivity index is 1.76. The van der Waals surface area contributed by atoms with E-state index in [1.807, 2.05) is 36.7 Å². The van der Waals surface area contributed by atoms with Gasteiger partial charge in [-0.15, -0.1) is 0 Å². The van der Waals surface area contributed by atoms with E-state index in [-0.39, 0.29) is 16.4 Å². The third-order valence-electron chi connectivity index (χ3n) is 6.88. The van der Waals surface area contributed by atoms with Gasteiger partial charge in [0.25, 0.3) is 0 Å². The highest BCUT2D eigenvalue weighted by Crippen LogP contribution is 2.46. The molecule has 0 heterocycles. The van der Waals surface area contributed by atoms with Gasteiger partial charge in [0, 0.05) is 0 Å². The molecule has 0 amide bonds. The van der Waals surface area contributed by atoms with Crippen molar-refractivity contribution < 1.29 is 9.90 Å². The third kappa shape index (κ3) is 4.85. The van der Waals surface area contributed by atoms with Crippen LogP contribution < -0.4 is 9.89 Å². The molecular weight excluding hydrogens is 408 g/mol. The number of rotatable bonds is 6. The lowest BCUT2D eigenvalue weighted by Gasteiger charge is -2.41. The number of nitrogens with zero attached hydrogens (tertiary/aromatic N) is 1. The number of carboxylic acid groups (broad SMARTS) is 1. The molecule has 33 heavy (non-hydrogen) atoms. The first-order chi connectivity index (χ1) is 15.7.